The molecule has 2 aromatic rings. The van der Waals surface area contributed by atoms with Crippen molar-refractivity contribution in [2.75, 3.05) is 6.54 Å². The largest absolute Gasteiger partial charge is 0.455 e. The predicted octanol–water partition coefficient (Wildman–Crippen LogP) is 3.65. The minimum Gasteiger partial charge on any atom is -0.455 e. The Morgan fingerprint density at radius 1 is 1.29 bits per heavy atom. The summed E-state index contributed by atoms with van der Waals surface area (Å²) >= 11 is 6.07. The van der Waals surface area contributed by atoms with Gasteiger partial charge >= 0.3 is 0 Å². The first-order valence-corrected chi connectivity index (χ1v) is 5.47. The van der Waals surface area contributed by atoms with Crippen LogP contribution in [0.2, 0.25) is 5.02 Å². The van der Waals surface area contributed by atoms with Gasteiger partial charge in [-0.2, -0.15) is 0 Å². The molecule has 0 bridgehead atoms. The van der Waals surface area contributed by atoms with Gasteiger partial charge in [-0.05, 0) is 24.3 Å². The Balaban J connectivity index is 2.25. The molecule has 0 fully saturated rings. The summed E-state index contributed by atoms with van der Waals surface area (Å²) in [4.78, 5) is 4.00. The molecule has 0 spiro atoms. The van der Waals surface area contributed by atoms with Crippen molar-refractivity contribution in [3.63, 3.8) is 0 Å². The van der Waals surface area contributed by atoms with E-state index in [9.17, 15) is 0 Å². The van der Waals surface area contributed by atoms with E-state index in [0.717, 1.165) is 11.3 Å². The molecular weight excluding hydrogens is 234 g/mol. The van der Waals surface area contributed by atoms with Gasteiger partial charge in [0, 0.05) is 5.56 Å². The van der Waals surface area contributed by atoms with Crippen molar-refractivity contribution >= 4 is 17.8 Å². The summed E-state index contributed by atoms with van der Waals surface area (Å²) in [7, 11) is 0. The van der Waals surface area contributed by atoms with Gasteiger partial charge in [0.25, 0.3) is 0 Å². The average Bonchev–Trinajstić information content (AvgIpc) is 2.79. The van der Waals surface area contributed by atoms with E-state index >= 15 is 0 Å². The summed E-state index contributed by atoms with van der Waals surface area (Å²) in [5, 5.41) is 0.661. The van der Waals surface area contributed by atoms with Crippen molar-refractivity contribution < 1.29 is 4.42 Å². The quantitative estimate of drug-likeness (QED) is 0.597. The highest BCUT2D eigenvalue weighted by molar-refractivity contribution is 6.33. The lowest BCUT2D eigenvalue weighted by Crippen LogP contribution is -1.78. The van der Waals surface area contributed by atoms with E-state index < -0.39 is 0 Å². The third-order valence-electron chi connectivity index (χ3n) is 2.17. The van der Waals surface area contributed by atoms with Crippen LogP contribution in [-0.4, -0.2) is 12.8 Å². The number of halogens is 1. The van der Waals surface area contributed by atoms with Crippen LogP contribution in [0.3, 0.4) is 0 Å². The number of furan rings is 1. The van der Waals surface area contributed by atoms with Crippen LogP contribution in [0.15, 0.2) is 45.8 Å². The molecule has 1 aromatic carbocycles. The zero-order valence-electron chi connectivity index (χ0n) is 9.06. The molecule has 2 nitrogen and oxygen atoms in total. The van der Waals surface area contributed by atoms with Crippen LogP contribution in [-0.2, 0) is 0 Å². The molecule has 0 saturated heterocycles. The Labute approximate surface area is 105 Å². The van der Waals surface area contributed by atoms with Gasteiger partial charge in [-0.25, -0.2) is 0 Å². The zero-order chi connectivity index (χ0) is 12.1. The van der Waals surface area contributed by atoms with Gasteiger partial charge in [0.15, 0.2) is 0 Å². The Morgan fingerprint density at radius 2 is 2.12 bits per heavy atom. The maximum absolute atomic E-state index is 6.07. The summed E-state index contributed by atoms with van der Waals surface area (Å²) in [6.45, 7) is 0.349. The second-order valence-corrected chi connectivity index (χ2v) is 3.76. The molecule has 1 aromatic heterocycles. The summed E-state index contributed by atoms with van der Waals surface area (Å²) < 4.78 is 5.59. The fraction of sp³-hybridized carbons (Fsp3) is 0.0714. The highest BCUT2D eigenvalue weighted by atomic mass is 35.5. The van der Waals surface area contributed by atoms with Crippen molar-refractivity contribution in [3.8, 4) is 23.7 Å². The summed E-state index contributed by atoms with van der Waals surface area (Å²) in [6.07, 6.45) is 6.71. The highest BCUT2D eigenvalue weighted by Gasteiger charge is 2.06. The normalized spacial score (nSPS) is 10.6. The molecule has 0 aliphatic carbocycles. The molecule has 84 valence electrons. The summed E-state index contributed by atoms with van der Waals surface area (Å²) in [5.74, 6) is 3.81. The van der Waals surface area contributed by atoms with Crippen LogP contribution in [0.5, 0.6) is 0 Å². The smallest absolute Gasteiger partial charge is 0.145 e. The first-order valence-electron chi connectivity index (χ1n) is 5.09. The maximum atomic E-state index is 6.07. The van der Waals surface area contributed by atoms with Crippen molar-refractivity contribution in [2.24, 2.45) is 4.99 Å². The van der Waals surface area contributed by atoms with Gasteiger partial charge in [0.05, 0.1) is 17.8 Å². The Kier molecular flexibility index (Phi) is 3.64. The second-order valence-electron chi connectivity index (χ2n) is 3.36. The monoisotopic (exact) mass is 243 g/mol. The molecule has 17 heavy (non-hydrogen) atoms. The van der Waals surface area contributed by atoms with Crippen molar-refractivity contribution in [2.45, 2.75) is 0 Å². The lowest BCUT2D eigenvalue weighted by Gasteiger charge is -1.98. The number of rotatable bonds is 3. The minimum absolute atomic E-state index is 0.349. The molecule has 0 N–H and O–H groups in total. The third kappa shape index (κ3) is 2.77. The zero-order valence-corrected chi connectivity index (χ0v) is 9.82. The van der Waals surface area contributed by atoms with Crippen LogP contribution in [0.1, 0.15) is 5.76 Å². The molecule has 0 unspecified atom stereocenters. The minimum atomic E-state index is 0.349. The van der Waals surface area contributed by atoms with Crippen LogP contribution in [0.4, 0.5) is 0 Å². The molecule has 1 heterocycles. The number of terminal acetylenes is 1. The third-order valence-corrected chi connectivity index (χ3v) is 2.50. The number of aliphatic imine (C=N–C) groups is 1. The van der Waals surface area contributed by atoms with Crippen molar-refractivity contribution in [3.05, 3.63) is 47.2 Å². The SMILES string of the molecule is C#CCN=Cc1ccc(-c2ccccc2Cl)o1. The molecule has 3 heteroatoms. The average molecular weight is 244 g/mol. The van der Waals surface area contributed by atoms with Gasteiger partial charge in [-0.1, -0.05) is 29.7 Å². The van der Waals surface area contributed by atoms with E-state index in [0.29, 0.717) is 17.3 Å². The van der Waals surface area contributed by atoms with Gasteiger partial charge in [0.2, 0.25) is 0 Å². The van der Waals surface area contributed by atoms with Crippen LogP contribution in [0, 0.1) is 12.3 Å². The standard InChI is InChI=1S/C14H10ClNO/c1-2-9-16-10-11-7-8-14(17-11)12-5-3-4-6-13(12)15/h1,3-8,10H,9H2. The Bertz CT molecular complexity index is 578. The van der Waals surface area contributed by atoms with E-state index in [1.807, 2.05) is 36.4 Å². The molecule has 0 aliphatic rings. The first kappa shape index (κ1) is 11.5. The van der Waals surface area contributed by atoms with E-state index in [4.69, 9.17) is 22.4 Å². The second kappa shape index (κ2) is 5.38. The summed E-state index contributed by atoms with van der Waals surface area (Å²) in [5.41, 5.74) is 0.866. The molecule has 0 radical (unpaired) electrons. The number of hydrogen-bond donors (Lipinski definition) is 0. The summed E-state index contributed by atoms with van der Waals surface area (Å²) in [6, 6.07) is 11.2. The molecular formula is C14H10ClNO. The van der Waals surface area contributed by atoms with Crippen LogP contribution < -0.4 is 0 Å². The Morgan fingerprint density at radius 3 is 2.88 bits per heavy atom. The molecule has 2 rings (SSSR count). The van der Waals surface area contributed by atoms with E-state index in [1.165, 1.54) is 0 Å². The molecule has 0 atom stereocenters. The first-order chi connectivity index (χ1) is 8.31. The van der Waals surface area contributed by atoms with Gasteiger partial charge in [-0.15, -0.1) is 6.42 Å². The molecule has 0 saturated carbocycles. The molecule has 0 amide bonds. The van der Waals surface area contributed by atoms with Crippen LogP contribution >= 0.6 is 11.6 Å². The van der Waals surface area contributed by atoms with Crippen LogP contribution in [0.25, 0.3) is 11.3 Å². The number of nitrogens with zero attached hydrogens (tertiary/aromatic N) is 1. The maximum Gasteiger partial charge on any atom is 0.145 e. The van der Waals surface area contributed by atoms with Gasteiger partial charge in [-0.3, -0.25) is 4.99 Å². The van der Waals surface area contributed by atoms with Gasteiger partial charge in [0.1, 0.15) is 11.5 Å². The highest BCUT2D eigenvalue weighted by Crippen LogP contribution is 2.28. The number of benzene rings is 1. The molecule has 0 aliphatic heterocycles. The predicted molar refractivity (Wildman–Crippen MR) is 70.4 cm³/mol. The Hall–Kier alpha value is -1.98. The topological polar surface area (TPSA) is 25.5 Å². The van der Waals surface area contributed by atoms with E-state index in [2.05, 4.69) is 10.9 Å². The number of hydrogen-bond acceptors (Lipinski definition) is 2. The lowest BCUT2D eigenvalue weighted by molar-refractivity contribution is 0.575. The van der Waals surface area contributed by atoms with E-state index in [-0.39, 0.29) is 0 Å². The van der Waals surface area contributed by atoms with E-state index in [1.54, 1.807) is 6.21 Å². The van der Waals surface area contributed by atoms with Gasteiger partial charge < -0.3 is 4.42 Å². The lowest BCUT2D eigenvalue weighted by atomic mass is 10.2. The fourth-order valence-corrected chi connectivity index (χ4v) is 1.65. The van der Waals surface area contributed by atoms with Crippen molar-refractivity contribution in [1.29, 1.82) is 0 Å². The fourth-order valence-electron chi connectivity index (χ4n) is 1.42. The van der Waals surface area contributed by atoms with Crippen molar-refractivity contribution in [1.82, 2.24) is 0 Å².